The predicted octanol–water partition coefficient (Wildman–Crippen LogP) is 4.33. The molecule has 0 amide bonds. The summed E-state index contributed by atoms with van der Waals surface area (Å²) < 4.78 is 10.7. The summed E-state index contributed by atoms with van der Waals surface area (Å²) in [6.07, 6.45) is 0. The van der Waals surface area contributed by atoms with Crippen molar-refractivity contribution in [1.82, 2.24) is 0 Å². The van der Waals surface area contributed by atoms with Gasteiger partial charge >= 0.3 is 11.6 Å². The van der Waals surface area contributed by atoms with Crippen LogP contribution in [0, 0.1) is 12.8 Å². The minimum absolute atomic E-state index is 0.227. The fourth-order valence-electron chi connectivity index (χ4n) is 2.57. The van der Waals surface area contributed by atoms with Crippen LogP contribution in [0.1, 0.15) is 19.4 Å². The first-order chi connectivity index (χ1) is 11.5. The lowest BCUT2D eigenvalue weighted by molar-refractivity contribution is -0.137. The van der Waals surface area contributed by atoms with Crippen molar-refractivity contribution in [3.63, 3.8) is 0 Å². The molecule has 1 aromatic heterocycles. The van der Waals surface area contributed by atoms with Crippen LogP contribution in [0.3, 0.4) is 0 Å². The van der Waals surface area contributed by atoms with Crippen LogP contribution in [0.15, 0.2) is 57.7 Å². The van der Waals surface area contributed by atoms with Gasteiger partial charge in [-0.15, -0.1) is 0 Å². The smallest absolute Gasteiger partial charge is 0.344 e. The first-order valence-corrected chi connectivity index (χ1v) is 7.82. The molecule has 0 saturated carbocycles. The second kappa shape index (κ2) is 6.32. The third-order valence-electron chi connectivity index (χ3n) is 3.89. The van der Waals surface area contributed by atoms with Gasteiger partial charge in [0.25, 0.3) is 0 Å². The van der Waals surface area contributed by atoms with Crippen molar-refractivity contribution in [1.29, 1.82) is 0 Å². The number of esters is 1. The summed E-state index contributed by atoms with van der Waals surface area (Å²) in [5.41, 5.74) is 2.22. The van der Waals surface area contributed by atoms with Crippen LogP contribution in [0.4, 0.5) is 0 Å². The molecule has 24 heavy (non-hydrogen) atoms. The molecule has 0 bridgehead atoms. The van der Waals surface area contributed by atoms with Crippen molar-refractivity contribution >= 4 is 16.9 Å². The molecule has 0 spiro atoms. The molecule has 0 aliphatic carbocycles. The molecule has 2 aromatic carbocycles. The van der Waals surface area contributed by atoms with Crippen molar-refractivity contribution in [2.45, 2.75) is 20.8 Å². The summed E-state index contributed by atoms with van der Waals surface area (Å²) in [6, 6.07) is 14.5. The minimum Gasteiger partial charge on any atom is -0.426 e. The van der Waals surface area contributed by atoms with Crippen molar-refractivity contribution in [2.24, 2.45) is 5.92 Å². The summed E-state index contributed by atoms with van der Waals surface area (Å²) in [5, 5.41) is 0.817. The number of carbonyl (C=O) groups is 1. The van der Waals surface area contributed by atoms with Crippen molar-refractivity contribution in [3.05, 3.63) is 64.5 Å². The molecule has 3 aromatic rings. The summed E-state index contributed by atoms with van der Waals surface area (Å²) in [4.78, 5) is 24.1. The van der Waals surface area contributed by atoms with E-state index in [1.54, 1.807) is 26.0 Å². The van der Waals surface area contributed by atoms with Crippen LogP contribution in [0.5, 0.6) is 5.75 Å². The van der Waals surface area contributed by atoms with E-state index in [2.05, 4.69) is 0 Å². The molecule has 4 nitrogen and oxygen atoms in total. The standard InChI is InChI=1S/C20H18O4/c1-12(2)19(21)23-15-9-10-16-13(3)18(14-7-5-4-6-8-14)20(22)24-17(16)11-15/h4-12H,1-3H3. The summed E-state index contributed by atoms with van der Waals surface area (Å²) >= 11 is 0. The summed E-state index contributed by atoms with van der Waals surface area (Å²) in [6.45, 7) is 5.42. The zero-order chi connectivity index (χ0) is 17.3. The van der Waals surface area contributed by atoms with Crippen molar-refractivity contribution in [2.75, 3.05) is 0 Å². The molecule has 0 atom stereocenters. The molecule has 0 N–H and O–H groups in total. The van der Waals surface area contributed by atoms with Crippen LogP contribution in [0.2, 0.25) is 0 Å². The van der Waals surface area contributed by atoms with Gasteiger partial charge in [0.2, 0.25) is 0 Å². The van der Waals surface area contributed by atoms with E-state index in [-0.39, 0.29) is 11.9 Å². The average Bonchev–Trinajstić information content (AvgIpc) is 2.55. The SMILES string of the molecule is Cc1c(-c2ccccc2)c(=O)oc2cc(OC(=O)C(C)C)ccc12. The normalized spacial score (nSPS) is 11.0. The Morgan fingerprint density at radius 2 is 1.79 bits per heavy atom. The molecule has 0 fully saturated rings. The molecule has 3 rings (SSSR count). The Morgan fingerprint density at radius 3 is 2.46 bits per heavy atom. The predicted molar refractivity (Wildman–Crippen MR) is 93.1 cm³/mol. The Morgan fingerprint density at radius 1 is 1.08 bits per heavy atom. The van der Waals surface area contributed by atoms with Crippen molar-refractivity contribution < 1.29 is 13.9 Å². The Bertz CT molecular complexity index is 953. The molecule has 4 heteroatoms. The van der Waals surface area contributed by atoms with E-state index in [0.717, 1.165) is 16.5 Å². The van der Waals surface area contributed by atoms with Crippen LogP contribution in [-0.2, 0) is 4.79 Å². The number of ether oxygens (including phenoxy) is 1. The van der Waals surface area contributed by atoms with Crippen LogP contribution in [0.25, 0.3) is 22.1 Å². The van der Waals surface area contributed by atoms with Crippen LogP contribution < -0.4 is 10.4 Å². The van der Waals surface area contributed by atoms with Crippen LogP contribution in [-0.4, -0.2) is 5.97 Å². The molecular weight excluding hydrogens is 304 g/mol. The minimum atomic E-state index is -0.404. The van der Waals surface area contributed by atoms with Gasteiger partial charge < -0.3 is 9.15 Å². The topological polar surface area (TPSA) is 56.5 Å². The molecule has 0 saturated heterocycles. The van der Waals surface area contributed by atoms with E-state index < -0.39 is 5.63 Å². The molecule has 0 aliphatic heterocycles. The van der Waals surface area contributed by atoms with Crippen LogP contribution >= 0.6 is 0 Å². The number of hydrogen-bond acceptors (Lipinski definition) is 4. The molecule has 122 valence electrons. The van der Waals surface area contributed by atoms with Gasteiger partial charge in [-0.3, -0.25) is 4.79 Å². The van der Waals surface area contributed by atoms with Gasteiger partial charge in [-0.2, -0.15) is 0 Å². The van der Waals surface area contributed by atoms with Gasteiger partial charge in [0.15, 0.2) is 0 Å². The Kier molecular flexibility index (Phi) is 4.21. The van der Waals surface area contributed by atoms with E-state index in [1.807, 2.05) is 43.3 Å². The summed E-state index contributed by atoms with van der Waals surface area (Å²) in [5.74, 6) is -0.180. The lowest BCUT2D eigenvalue weighted by Gasteiger charge is -2.10. The number of fused-ring (bicyclic) bond motifs is 1. The lowest BCUT2D eigenvalue weighted by Crippen LogP contribution is -2.14. The third-order valence-corrected chi connectivity index (χ3v) is 3.89. The molecule has 0 unspecified atom stereocenters. The van der Waals surface area contributed by atoms with Crippen molar-refractivity contribution in [3.8, 4) is 16.9 Å². The van der Waals surface area contributed by atoms with Gasteiger partial charge in [0.05, 0.1) is 11.5 Å². The maximum Gasteiger partial charge on any atom is 0.344 e. The third kappa shape index (κ3) is 2.95. The van der Waals surface area contributed by atoms with Gasteiger partial charge in [0.1, 0.15) is 11.3 Å². The Balaban J connectivity index is 2.11. The Hall–Kier alpha value is -2.88. The number of carbonyl (C=O) groups excluding carboxylic acids is 1. The maximum absolute atomic E-state index is 12.4. The van der Waals surface area contributed by atoms with E-state index in [0.29, 0.717) is 16.9 Å². The monoisotopic (exact) mass is 322 g/mol. The zero-order valence-electron chi connectivity index (χ0n) is 13.8. The second-order valence-corrected chi connectivity index (χ2v) is 5.99. The first-order valence-electron chi connectivity index (χ1n) is 7.82. The van der Waals surface area contributed by atoms with Gasteiger partial charge in [0, 0.05) is 11.5 Å². The van der Waals surface area contributed by atoms with E-state index in [9.17, 15) is 9.59 Å². The fourth-order valence-corrected chi connectivity index (χ4v) is 2.57. The van der Waals surface area contributed by atoms with E-state index in [4.69, 9.17) is 9.15 Å². The molecular formula is C20H18O4. The highest BCUT2D eigenvalue weighted by Gasteiger charge is 2.15. The maximum atomic E-state index is 12.4. The van der Waals surface area contributed by atoms with Gasteiger partial charge in [-0.1, -0.05) is 44.2 Å². The number of benzene rings is 2. The number of aryl methyl sites for hydroxylation is 1. The zero-order valence-corrected chi connectivity index (χ0v) is 13.8. The molecule has 1 heterocycles. The lowest BCUT2D eigenvalue weighted by atomic mass is 10.00. The highest BCUT2D eigenvalue weighted by atomic mass is 16.5. The second-order valence-electron chi connectivity index (χ2n) is 5.99. The summed E-state index contributed by atoms with van der Waals surface area (Å²) in [7, 11) is 0. The molecule has 0 radical (unpaired) electrons. The fraction of sp³-hybridized carbons (Fsp3) is 0.200. The average molecular weight is 322 g/mol. The van der Waals surface area contributed by atoms with E-state index >= 15 is 0 Å². The Labute approximate surface area is 139 Å². The quantitative estimate of drug-likeness (QED) is 0.409. The van der Waals surface area contributed by atoms with Gasteiger partial charge in [-0.25, -0.2) is 4.79 Å². The highest BCUT2D eigenvalue weighted by Crippen LogP contribution is 2.29. The molecule has 0 aliphatic rings. The number of rotatable bonds is 3. The van der Waals surface area contributed by atoms with E-state index in [1.165, 1.54) is 0 Å². The number of hydrogen-bond donors (Lipinski definition) is 0. The van der Waals surface area contributed by atoms with Gasteiger partial charge in [-0.05, 0) is 30.2 Å². The first kappa shape index (κ1) is 16.0. The highest BCUT2D eigenvalue weighted by molar-refractivity contribution is 5.88. The largest absolute Gasteiger partial charge is 0.426 e.